The standard InChI is InChI=1S/C31H26N6O2/c1-30(39)17-31(32,18-30)22-12-10-20(11-13-22)26-27(19-6-3-2-4-7-19)34-29-24(33-26)14-15-25-35-36-28(37(25)29)21-8-5-9-23(38)16-21/h2-16,38-39H,17-18,32H2,1H3. The SMILES string of the molecule is CC1(O)CC(N)(c2ccc(-c3nc4ccc5nnc(-c6cccc(O)c6)n5c4nc3-c3ccccc3)cc2)C1. The Labute approximate surface area is 224 Å². The second-order valence-electron chi connectivity index (χ2n) is 10.7. The van der Waals surface area contributed by atoms with E-state index in [1.54, 1.807) is 18.2 Å². The van der Waals surface area contributed by atoms with Crippen molar-refractivity contribution in [3.8, 4) is 39.7 Å². The first-order valence-corrected chi connectivity index (χ1v) is 12.8. The molecule has 0 spiro atoms. The average molecular weight is 515 g/mol. The van der Waals surface area contributed by atoms with Crippen molar-refractivity contribution < 1.29 is 10.2 Å². The van der Waals surface area contributed by atoms with Crippen LogP contribution in [0.3, 0.4) is 0 Å². The first kappa shape index (κ1) is 23.5. The van der Waals surface area contributed by atoms with Crippen molar-refractivity contribution >= 4 is 16.8 Å². The molecule has 192 valence electrons. The van der Waals surface area contributed by atoms with Crippen LogP contribution in [0, 0.1) is 0 Å². The average Bonchev–Trinajstić information content (AvgIpc) is 3.37. The number of aromatic hydroxyl groups is 1. The molecule has 0 radical (unpaired) electrons. The van der Waals surface area contributed by atoms with Crippen LogP contribution in [0.15, 0.2) is 91.0 Å². The fraction of sp³-hybridized carbons (Fsp3) is 0.161. The van der Waals surface area contributed by atoms with Gasteiger partial charge in [0, 0.05) is 22.2 Å². The van der Waals surface area contributed by atoms with Gasteiger partial charge in [-0.15, -0.1) is 10.2 Å². The minimum absolute atomic E-state index is 0.149. The number of nitrogens with two attached hydrogens (primary N) is 1. The molecule has 0 bridgehead atoms. The van der Waals surface area contributed by atoms with Crippen molar-refractivity contribution in [3.63, 3.8) is 0 Å². The van der Waals surface area contributed by atoms with Gasteiger partial charge in [0.25, 0.3) is 0 Å². The van der Waals surface area contributed by atoms with Crippen LogP contribution in [0.2, 0.25) is 0 Å². The summed E-state index contributed by atoms with van der Waals surface area (Å²) < 4.78 is 1.87. The molecule has 0 amide bonds. The Kier molecular flexibility index (Phi) is 5.07. The van der Waals surface area contributed by atoms with Crippen LogP contribution < -0.4 is 5.73 Å². The molecule has 0 aliphatic heterocycles. The third-order valence-electron chi connectivity index (χ3n) is 7.47. The monoisotopic (exact) mass is 514 g/mol. The molecule has 8 heteroatoms. The van der Waals surface area contributed by atoms with E-state index in [1.807, 2.05) is 84.1 Å². The summed E-state index contributed by atoms with van der Waals surface area (Å²) in [5, 5.41) is 29.1. The maximum absolute atomic E-state index is 10.2. The Hall–Kier alpha value is -4.66. The van der Waals surface area contributed by atoms with Gasteiger partial charge in [-0.05, 0) is 49.6 Å². The second kappa shape index (κ2) is 8.42. The summed E-state index contributed by atoms with van der Waals surface area (Å²) in [7, 11) is 0. The molecular weight excluding hydrogens is 488 g/mol. The van der Waals surface area contributed by atoms with Gasteiger partial charge in [-0.2, -0.15) is 0 Å². The first-order valence-electron chi connectivity index (χ1n) is 12.8. The number of aliphatic hydroxyl groups is 1. The second-order valence-corrected chi connectivity index (χ2v) is 10.7. The summed E-state index contributed by atoms with van der Waals surface area (Å²) in [6.07, 6.45) is 1.06. The quantitative estimate of drug-likeness (QED) is 0.300. The van der Waals surface area contributed by atoms with E-state index in [0.717, 1.165) is 33.6 Å². The van der Waals surface area contributed by atoms with E-state index in [2.05, 4.69) is 10.2 Å². The van der Waals surface area contributed by atoms with Crippen molar-refractivity contribution in [1.29, 1.82) is 0 Å². The van der Waals surface area contributed by atoms with Gasteiger partial charge < -0.3 is 15.9 Å². The van der Waals surface area contributed by atoms with Crippen LogP contribution in [0.1, 0.15) is 25.3 Å². The molecule has 4 N–H and O–H groups in total. The summed E-state index contributed by atoms with van der Waals surface area (Å²) in [6, 6.07) is 28.7. The lowest BCUT2D eigenvalue weighted by Crippen LogP contribution is -2.58. The van der Waals surface area contributed by atoms with Gasteiger partial charge in [-0.3, -0.25) is 4.40 Å². The number of benzene rings is 3. The van der Waals surface area contributed by atoms with Crippen LogP contribution in [-0.2, 0) is 5.54 Å². The predicted octanol–water partition coefficient (Wildman–Crippen LogP) is 5.08. The molecule has 0 saturated heterocycles. The number of phenolic OH excluding ortho intramolecular Hbond substituents is 1. The number of fused-ring (bicyclic) bond motifs is 3. The summed E-state index contributed by atoms with van der Waals surface area (Å²) in [4.78, 5) is 10.2. The van der Waals surface area contributed by atoms with Gasteiger partial charge >= 0.3 is 0 Å². The molecule has 3 aromatic heterocycles. The highest BCUT2D eigenvalue weighted by Crippen LogP contribution is 2.46. The summed E-state index contributed by atoms with van der Waals surface area (Å²) in [6.45, 7) is 1.82. The predicted molar refractivity (Wildman–Crippen MR) is 150 cm³/mol. The zero-order valence-electron chi connectivity index (χ0n) is 21.3. The van der Waals surface area contributed by atoms with Crippen LogP contribution in [0.4, 0.5) is 0 Å². The van der Waals surface area contributed by atoms with Crippen molar-refractivity contribution in [3.05, 3.63) is 96.6 Å². The normalized spacial score (nSPS) is 20.8. The molecule has 0 atom stereocenters. The van der Waals surface area contributed by atoms with Crippen molar-refractivity contribution in [1.82, 2.24) is 24.6 Å². The molecule has 0 unspecified atom stereocenters. The summed E-state index contributed by atoms with van der Waals surface area (Å²) in [5.74, 6) is 0.720. The highest BCUT2D eigenvalue weighted by Gasteiger charge is 2.49. The maximum Gasteiger partial charge on any atom is 0.170 e. The molecule has 1 saturated carbocycles. The number of nitrogens with zero attached hydrogens (tertiary/aromatic N) is 5. The molecule has 39 heavy (non-hydrogen) atoms. The molecule has 6 aromatic rings. The van der Waals surface area contributed by atoms with E-state index in [1.165, 1.54) is 0 Å². The van der Waals surface area contributed by atoms with E-state index < -0.39 is 11.1 Å². The van der Waals surface area contributed by atoms with E-state index in [-0.39, 0.29) is 5.75 Å². The Bertz CT molecular complexity index is 1850. The van der Waals surface area contributed by atoms with Gasteiger partial charge in [0.15, 0.2) is 17.1 Å². The van der Waals surface area contributed by atoms with Gasteiger partial charge in [-0.25, -0.2) is 9.97 Å². The Morgan fingerprint density at radius 2 is 1.46 bits per heavy atom. The molecule has 3 aromatic carbocycles. The van der Waals surface area contributed by atoms with E-state index in [4.69, 9.17) is 15.7 Å². The van der Waals surface area contributed by atoms with Gasteiger partial charge in [-0.1, -0.05) is 66.7 Å². The van der Waals surface area contributed by atoms with Crippen LogP contribution in [-0.4, -0.2) is 40.4 Å². The van der Waals surface area contributed by atoms with Crippen LogP contribution in [0.5, 0.6) is 5.75 Å². The number of aromatic nitrogens is 5. The molecule has 1 aliphatic carbocycles. The van der Waals surface area contributed by atoms with Crippen molar-refractivity contribution in [2.24, 2.45) is 5.73 Å². The third kappa shape index (κ3) is 3.93. The van der Waals surface area contributed by atoms with Gasteiger partial charge in [0.1, 0.15) is 11.3 Å². The lowest BCUT2D eigenvalue weighted by Gasteiger charge is -2.49. The molecule has 8 nitrogen and oxygen atoms in total. The zero-order valence-corrected chi connectivity index (χ0v) is 21.3. The van der Waals surface area contributed by atoms with E-state index >= 15 is 0 Å². The molecule has 1 fully saturated rings. The number of phenols is 1. The fourth-order valence-electron chi connectivity index (χ4n) is 5.78. The Balaban J connectivity index is 1.42. The van der Waals surface area contributed by atoms with Gasteiger partial charge in [0.05, 0.1) is 17.0 Å². The Morgan fingerprint density at radius 1 is 0.769 bits per heavy atom. The zero-order chi connectivity index (χ0) is 26.8. The number of hydrogen-bond donors (Lipinski definition) is 3. The smallest absolute Gasteiger partial charge is 0.170 e. The van der Waals surface area contributed by atoms with Crippen molar-refractivity contribution in [2.45, 2.75) is 30.9 Å². The lowest BCUT2D eigenvalue weighted by molar-refractivity contribution is -0.0738. The largest absolute Gasteiger partial charge is 0.508 e. The van der Waals surface area contributed by atoms with Crippen LogP contribution in [0.25, 0.3) is 50.7 Å². The lowest BCUT2D eigenvalue weighted by atomic mass is 9.63. The molecule has 3 heterocycles. The maximum atomic E-state index is 10.2. The number of pyridine rings is 1. The highest BCUT2D eigenvalue weighted by atomic mass is 16.3. The number of hydrogen-bond acceptors (Lipinski definition) is 7. The van der Waals surface area contributed by atoms with Crippen LogP contribution >= 0.6 is 0 Å². The molecular formula is C31H26N6O2. The number of rotatable bonds is 4. The van der Waals surface area contributed by atoms with Gasteiger partial charge in [0.2, 0.25) is 0 Å². The fourth-order valence-corrected chi connectivity index (χ4v) is 5.78. The molecule has 1 aliphatic rings. The van der Waals surface area contributed by atoms with E-state index in [9.17, 15) is 10.2 Å². The van der Waals surface area contributed by atoms with Crippen molar-refractivity contribution in [2.75, 3.05) is 0 Å². The first-order chi connectivity index (χ1) is 18.8. The third-order valence-corrected chi connectivity index (χ3v) is 7.47. The summed E-state index contributed by atoms with van der Waals surface area (Å²) in [5.41, 5.74) is 12.3. The van der Waals surface area contributed by atoms with E-state index in [0.29, 0.717) is 35.5 Å². The minimum Gasteiger partial charge on any atom is -0.508 e. The topological polar surface area (TPSA) is 122 Å². The summed E-state index contributed by atoms with van der Waals surface area (Å²) >= 11 is 0. The minimum atomic E-state index is -0.720. The highest BCUT2D eigenvalue weighted by molar-refractivity contribution is 5.87. The Morgan fingerprint density at radius 3 is 2.18 bits per heavy atom. The molecule has 7 rings (SSSR count).